The van der Waals surface area contributed by atoms with E-state index in [0.717, 1.165) is 11.1 Å². The third-order valence-corrected chi connectivity index (χ3v) is 6.52. The molecule has 0 bridgehead atoms. The van der Waals surface area contributed by atoms with Gasteiger partial charge in [-0.3, -0.25) is 4.79 Å². The first-order chi connectivity index (χ1) is 15.7. The van der Waals surface area contributed by atoms with Crippen LogP contribution in [0.1, 0.15) is 67.7 Å². The van der Waals surface area contributed by atoms with Gasteiger partial charge in [0.2, 0.25) is 5.91 Å². The first-order valence-corrected chi connectivity index (χ1v) is 12.3. The molecule has 1 aliphatic heterocycles. The van der Waals surface area contributed by atoms with Crippen molar-refractivity contribution in [3.8, 4) is 17.2 Å². The van der Waals surface area contributed by atoms with E-state index in [1.807, 2.05) is 45.9 Å². The molecule has 0 radical (unpaired) electrons. The van der Waals surface area contributed by atoms with Crippen molar-refractivity contribution in [2.45, 2.75) is 45.4 Å². The fourth-order valence-electron chi connectivity index (χ4n) is 4.08. The zero-order valence-corrected chi connectivity index (χ0v) is 19.8. The smallest absolute Gasteiger partial charge is 0.409 e. The van der Waals surface area contributed by atoms with Crippen LogP contribution in [-0.2, 0) is 15.1 Å². The second-order valence-corrected chi connectivity index (χ2v) is 9.97. The maximum Gasteiger partial charge on any atom is 0.409 e. The van der Waals surface area contributed by atoms with Crippen LogP contribution in [0.15, 0.2) is 66.7 Å². The van der Waals surface area contributed by atoms with Crippen molar-refractivity contribution in [1.82, 2.24) is 4.72 Å². The highest BCUT2D eigenvalue weighted by atomic mass is 32.2. The normalized spacial score (nSPS) is 13.3. The molecule has 0 saturated carbocycles. The maximum atomic E-state index is 13.3. The van der Waals surface area contributed by atoms with E-state index in [-0.39, 0.29) is 17.6 Å². The lowest BCUT2D eigenvalue weighted by molar-refractivity contribution is -0.120. The van der Waals surface area contributed by atoms with Gasteiger partial charge in [-0.05, 0) is 35.1 Å². The minimum atomic E-state index is -4.44. The van der Waals surface area contributed by atoms with Crippen LogP contribution in [-0.4, -0.2) is 14.3 Å². The standard InChI is InChI=1S/C26H27NO5S/c1-16(2)18-12-9-13-19(17(3)4)25(18)32-33(29,30)27-26(28)24-20-10-5-7-14-22(20)31-23-15-8-6-11-21(23)24/h5-17,24H,1-4H3,(H,27,28). The van der Waals surface area contributed by atoms with E-state index < -0.39 is 22.1 Å². The van der Waals surface area contributed by atoms with Crippen molar-refractivity contribution >= 4 is 16.2 Å². The number of fused-ring (bicyclic) bond motifs is 2. The molecule has 1 N–H and O–H groups in total. The molecule has 1 amide bonds. The maximum absolute atomic E-state index is 13.3. The number of ether oxygens (including phenoxy) is 1. The molecule has 0 aliphatic carbocycles. The zero-order valence-electron chi connectivity index (χ0n) is 19.0. The number of rotatable bonds is 6. The molecule has 0 spiro atoms. The number of benzene rings is 3. The van der Waals surface area contributed by atoms with E-state index in [4.69, 9.17) is 8.92 Å². The van der Waals surface area contributed by atoms with Gasteiger partial charge in [0.15, 0.2) is 5.75 Å². The molecule has 4 rings (SSSR count). The molecule has 0 unspecified atom stereocenters. The van der Waals surface area contributed by atoms with Gasteiger partial charge in [0.05, 0.1) is 5.92 Å². The Balaban J connectivity index is 1.68. The van der Waals surface area contributed by atoms with Gasteiger partial charge in [-0.1, -0.05) is 82.3 Å². The highest BCUT2D eigenvalue weighted by Crippen LogP contribution is 2.44. The van der Waals surface area contributed by atoms with Crippen molar-refractivity contribution in [3.63, 3.8) is 0 Å². The Labute approximate surface area is 194 Å². The van der Waals surface area contributed by atoms with Gasteiger partial charge in [0.25, 0.3) is 0 Å². The summed E-state index contributed by atoms with van der Waals surface area (Å²) in [6.07, 6.45) is 0. The fraction of sp³-hybridized carbons (Fsp3) is 0.269. The fourth-order valence-corrected chi connectivity index (χ4v) is 4.90. The Morgan fingerprint density at radius 1 is 0.818 bits per heavy atom. The summed E-state index contributed by atoms with van der Waals surface area (Å²) in [5, 5.41) is 0. The molecule has 1 heterocycles. The third-order valence-electron chi connectivity index (χ3n) is 5.68. The monoisotopic (exact) mass is 465 g/mol. The molecule has 172 valence electrons. The number of hydrogen-bond acceptors (Lipinski definition) is 5. The molecule has 33 heavy (non-hydrogen) atoms. The summed E-state index contributed by atoms with van der Waals surface area (Å²) in [6, 6.07) is 19.8. The molecule has 0 atom stereocenters. The first-order valence-electron chi connectivity index (χ1n) is 10.9. The average Bonchev–Trinajstić information content (AvgIpc) is 2.76. The lowest BCUT2D eigenvalue weighted by atomic mass is 9.87. The van der Waals surface area contributed by atoms with Crippen LogP contribution in [0.25, 0.3) is 0 Å². The van der Waals surface area contributed by atoms with Crippen molar-refractivity contribution < 1.29 is 22.1 Å². The summed E-state index contributed by atoms with van der Waals surface area (Å²) in [7, 11) is -4.44. The molecule has 0 fully saturated rings. The predicted molar refractivity (Wildman–Crippen MR) is 127 cm³/mol. The largest absolute Gasteiger partial charge is 0.457 e. The van der Waals surface area contributed by atoms with Gasteiger partial charge in [0.1, 0.15) is 11.5 Å². The quantitative estimate of drug-likeness (QED) is 0.512. The summed E-state index contributed by atoms with van der Waals surface area (Å²) in [5.41, 5.74) is 2.71. The van der Waals surface area contributed by atoms with E-state index in [0.29, 0.717) is 22.6 Å². The molecule has 0 aromatic heterocycles. The number of carbonyl (C=O) groups is 1. The van der Waals surface area contributed by atoms with Crippen LogP contribution in [0.4, 0.5) is 0 Å². The number of hydrogen-bond donors (Lipinski definition) is 1. The highest BCUT2D eigenvalue weighted by Gasteiger charge is 2.35. The van der Waals surface area contributed by atoms with Crippen molar-refractivity contribution in [3.05, 3.63) is 89.0 Å². The zero-order chi connectivity index (χ0) is 23.8. The van der Waals surface area contributed by atoms with E-state index in [1.165, 1.54) is 0 Å². The minimum absolute atomic E-state index is 0.0406. The SMILES string of the molecule is CC(C)c1cccc(C(C)C)c1OS(=O)(=O)NC(=O)C1c2ccccc2Oc2ccccc21. The number of para-hydroxylation sites is 3. The summed E-state index contributed by atoms with van der Waals surface area (Å²) < 4.78 is 39.7. The lowest BCUT2D eigenvalue weighted by Gasteiger charge is -2.27. The number of amides is 1. The molecule has 1 aliphatic rings. The van der Waals surface area contributed by atoms with E-state index >= 15 is 0 Å². The molecular formula is C26H27NO5S. The lowest BCUT2D eigenvalue weighted by Crippen LogP contribution is -2.38. The molecule has 3 aromatic rings. The summed E-state index contributed by atoms with van der Waals surface area (Å²) in [4.78, 5) is 13.3. The Kier molecular flexibility index (Phi) is 6.17. The Morgan fingerprint density at radius 3 is 1.79 bits per heavy atom. The Bertz CT molecular complexity index is 1230. The van der Waals surface area contributed by atoms with Crippen LogP contribution in [0, 0.1) is 0 Å². The minimum Gasteiger partial charge on any atom is -0.457 e. The van der Waals surface area contributed by atoms with Gasteiger partial charge in [-0.25, -0.2) is 4.72 Å². The summed E-state index contributed by atoms with van der Waals surface area (Å²) >= 11 is 0. The van der Waals surface area contributed by atoms with Crippen LogP contribution in [0.3, 0.4) is 0 Å². The van der Waals surface area contributed by atoms with E-state index in [1.54, 1.807) is 48.5 Å². The molecular weight excluding hydrogens is 438 g/mol. The molecule has 0 saturated heterocycles. The van der Waals surface area contributed by atoms with Gasteiger partial charge in [-0.15, -0.1) is 0 Å². The van der Waals surface area contributed by atoms with Crippen molar-refractivity contribution in [2.75, 3.05) is 0 Å². The second-order valence-electron chi connectivity index (χ2n) is 8.69. The summed E-state index contributed by atoms with van der Waals surface area (Å²) in [5.74, 6) is -0.169. The van der Waals surface area contributed by atoms with Crippen molar-refractivity contribution in [2.24, 2.45) is 0 Å². The highest BCUT2D eigenvalue weighted by molar-refractivity contribution is 7.85. The van der Waals surface area contributed by atoms with Crippen LogP contribution in [0.5, 0.6) is 17.2 Å². The number of nitrogens with one attached hydrogen (secondary N) is 1. The molecule has 7 heteroatoms. The Hall–Kier alpha value is -3.32. The van der Waals surface area contributed by atoms with Crippen LogP contribution >= 0.6 is 0 Å². The summed E-state index contributed by atoms with van der Waals surface area (Å²) in [6.45, 7) is 7.86. The topological polar surface area (TPSA) is 81.7 Å². The van der Waals surface area contributed by atoms with Gasteiger partial charge in [-0.2, -0.15) is 8.42 Å². The first kappa shape index (κ1) is 22.9. The molecule has 3 aromatic carbocycles. The average molecular weight is 466 g/mol. The van der Waals surface area contributed by atoms with E-state index in [2.05, 4.69) is 4.72 Å². The predicted octanol–water partition coefficient (Wildman–Crippen LogP) is 5.61. The van der Waals surface area contributed by atoms with Crippen LogP contribution < -0.4 is 13.6 Å². The second kappa shape index (κ2) is 8.90. The van der Waals surface area contributed by atoms with Crippen LogP contribution in [0.2, 0.25) is 0 Å². The third kappa shape index (κ3) is 4.59. The Morgan fingerprint density at radius 2 is 1.30 bits per heavy atom. The van der Waals surface area contributed by atoms with Gasteiger partial charge >= 0.3 is 10.3 Å². The molecule has 6 nitrogen and oxygen atoms in total. The van der Waals surface area contributed by atoms with Gasteiger partial charge < -0.3 is 8.92 Å². The number of carbonyl (C=O) groups excluding carboxylic acids is 1. The van der Waals surface area contributed by atoms with E-state index in [9.17, 15) is 13.2 Å². The van der Waals surface area contributed by atoms with Crippen molar-refractivity contribution in [1.29, 1.82) is 0 Å². The van der Waals surface area contributed by atoms with Gasteiger partial charge in [0, 0.05) is 11.1 Å².